The largest absolute Gasteiger partial charge is 0.489 e. The first kappa shape index (κ1) is 13.5. The summed E-state index contributed by atoms with van der Waals surface area (Å²) >= 11 is 6.16. The van der Waals surface area contributed by atoms with Crippen molar-refractivity contribution in [2.75, 3.05) is 19.8 Å². The number of ether oxygens (including phenoxy) is 2. The Hall–Kier alpha value is -0.970. The third-order valence-electron chi connectivity index (χ3n) is 2.87. The molecule has 1 aromatic carbocycles. The van der Waals surface area contributed by atoms with Crippen LogP contribution in [0.2, 0.25) is 5.02 Å². The van der Waals surface area contributed by atoms with Crippen LogP contribution in [0.4, 0.5) is 0 Å². The molecule has 5 heteroatoms. The molecule has 0 aromatic heterocycles. The van der Waals surface area contributed by atoms with Gasteiger partial charge in [-0.05, 0) is 17.7 Å². The van der Waals surface area contributed by atoms with Crippen LogP contribution in [-0.2, 0) is 0 Å². The molecule has 0 saturated heterocycles. The van der Waals surface area contributed by atoms with Crippen LogP contribution in [-0.4, -0.2) is 24.9 Å². The zero-order valence-electron chi connectivity index (χ0n) is 10.6. The van der Waals surface area contributed by atoms with Gasteiger partial charge < -0.3 is 20.3 Å². The first-order valence-corrected chi connectivity index (χ1v) is 6.28. The molecule has 1 aliphatic rings. The summed E-state index contributed by atoms with van der Waals surface area (Å²) in [6.45, 7) is 5.34. The Bertz CT molecular complexity index is 448. The van der Waals surface area contributed by atoms with E-state index in [1.165, 1.54) is 0 Å². The van der Waals surface area contributed by atoms with E-state index in [4.69, 9.17) is 26.8 Å². The van der Waals surface area contributed by atoms with E-state index in [0.717, 1.165) is 0 Å². The number of hydrogen-bond acceptors (Lipinski definition) is 4. The predicted octanol–water partition coefficient (Wildman–Crippen LogP) is 2.13. The number of halogens is 1. The van der Waals surface area contributed by atoms with Gasteiger partial charge in [-0.25, -0.2) is 0 Å². The van der Waals surface area contributed by atoms with E-state index in [0.29, 0.717) is 35.3 Å². The number of fused-ring (bicyclic) bond motifs is 1. The molecular weight excluding hydrogens is 254 g/mol. The summed E-state index contributed by atoms with van der Waals surface area (Å²) in [4.78, 5) is 0. The van der Waals surface area contributed by atoms with Crippen molar-refractivity contribution in [3.63, 3.8) is 0 Å². The van der Waals surface area contributed by atoms with Gasteiger partial charge in [0.15, 0.2) is 11.5 Å². The standard InChI is InChI=1S/C13H18ClNO3/c1-13(2)6-17-11-4-8(10(16)5-15)3-9(14)12(11)18-7-13/h3-4,10,16H,5-7,15H2,1-2H3. The molecule has 2 rings (SSSR count). The second kappa shape index (κ2) is 4.96. The molecule has 0 bridgehead atoms. The number of aliphatic hydroxyl groups excluding tert-OH is 1. The third kappa shape index (κ3) is 2.71. The van der Waals surface area contributed by atoms with E-state index in [2.05, 4.69) is 13.8 Å². The number of aliphatic hydroxyl groups is 1. The number of rotatable bonds is 2. The maximum Gasteiger partial charge on any atom is 0.179 e. The Morgan fingerprint density at radius 1 is 1.39 bits per heavy atom. The van der Waals surface area contributed by atoms with Crippen molar-refractivity contribution in [1.29, 1.82) is 0 Å². The minimum atomic E-state index is -0.743. The zero-order chi connectivity index (χ0) is 13.3. The number of benzene rings is 1. The first-order chi connectivity index (χ1) is 8.43. The molecule has 1 aromatic rings. The van der Waals surface area contributed by atoms with Crippen LogP contribution in [0.3, 0.4) is 0 Å². The third-order valence-corrected chi connectivity index (χ3v) is 3.15. The number of hydrogen-bond donors (Lipinski definition) is 2. The average Bonchev–Trinajstić information content (AvgIpc) is 2.48. The van der Waals surface area contributed by atoms with Crippen molar-refractivity contribution in [3.8, 4) is 11.5 Å². The lowest BCUT2D eigenvalue weighted by Gasteiger charge is -2.19. The molecule has 0 radical (unpaired) electrons. The lowest BCUT2D eigenvalue weighted by Crippen LogP contribution is -2.26. The van der Waals surface area contributed by atoms with Gasteiger partial charge in [0, 0.05) is 12.0 Å². The van der Waals surface area contributed by atoms with Crippen molar-refractivity contribution in [3.05, 3.63) is 22.7 Å². The molecule has 0 saturated carbocycles. The summed E-state index contributed by atoms with van der Waals surface area (Å²) in [6, 6.07) is 3.40. The summed E-state index contributed by atoms with van der Waals surface area (Å²) in [5.74, 6) is 1.10. The van der Waals surface area contributed by atoms with E-state index in [-0.39, 0.29) is 12.0 Å². The molecule has 1 aliphatic heterocycles. The summed E-state index contributed by atoms with van der Waals surface area (Å²) in [6.07, 6.45) is -0.743. The molecule has 1 atom stereocenters. The van der Waals surface area contributed by atoms with Crippen LogP contribution in [0, 0.1) is 5.41 Å². The van der Waals surface area contributed by atoms with Crippen LogP contribution >= 0.6 is 11.6 Å². The molecule has 100 valence electrons. The van der Waals surface area contributed by atoms with E-state index in [1.54, 1.807) is 12.1 Å². The molecule has 18 heavy (non-hydrogen) atoms. The number of nitrogens with two attached hydrogens (primary N) is 1. The van der Waals surface area contributed by atoms with Crippen LogP contribution in [0.1, 0.15) is 25.5 Å². The SMILES string of the molecule is CC1(C)COc2cc(C(O)CN)cc(Cl)c2OC1. The maximum absolute atomic E-state index is 9.75. The second-order valence-electron chi connectivity index (χ2n) is 5.32. The zero-order valence-corrected chi connectivity index (χ0v) is 11.3. The van der Waals surface area contributed by atoms with Gasteiger partial charge in [-0.1, -0.05) is 25.4 Å². The Morgan fingerprint density at radius 2 is 2.06 bits per heavy atom. The van der Waals surface area contributed by atoms with E-state index in [9.17, 15) is 5.11 Å². The summed E-state index contributed by atoms with van der Waals surface area (Å²) < 4.78 is 11.4. The van der Waals surface area contributed by atoms with Gasteiger partial charge in [0.1, 0.15) is 0 Å². The van der Waals surface area contributed by atoms with Gasteiger partial charge in [-0.2, -0.15) is 0 Å². The van der Waals surface area contributed by atoms with Crippen LogP contribution in [0.25, 0.3) is 0 Å². The van der Waals surface area contributed by atoms with Crippen molar-refractivity contribution >= 4 is 11.6 Å². The van der Waals surface area contributed by atoms with Crippen LogP contribution in [0.15, 0.2) is 12.1 Å². The second-order valence-corrected chi connectivity index (χ2v) is 5.73. The summed E-state index contributed by atoms with van der Waals surface area (Å²) in [5, 5.41) is 10.2. The molecular formula is C13H18ClNO3. The minimum absolute atomic E-state index is 0.0744. The van der Waals surface area contributed by atoms with Crippen molar-refractivity contribution in [2.24, 2.45) is 11.1 Å². The van der Waals surface area contributed by atoms with Crippen molar-refractivity contribution < 1.29 is 14.6 Å². The van der Waals surface area contributed by atoms with E-state index >= 15 is 0 Å². The summed E-state index contributed by atoms with van der Waals surface area (Å²) in [7, 11) is 0. The van der Waals surface area contributed by atoms with Gasteiger partial charge in [-0.3, -0.25) is 0 Å². The van der Waals surface area contributed by atoms with Gasteiger partial charge >= 0.3 is 0 Å². The Morgan fingerprint density at radius 3 is 2.72 bits per heavy atom. The van der Waals surface area contributed by atoms with Crippen LogP contribution < -0.4 is 15.2 Å². The van der Waals surface area contributed by atoms with E-state index < -0.39 is 6.10 Å². The highest BCUT2D eigenvalue weighted by atomic mass is 35.5. The Labute approximate surface area is 112 Å². The van der Waals surface area contributed by atoms with Gasteiger partial charge in [0.25, 0.3) is 0 Å². The predicted molar refractivity (Wildman–Crippen MR) is 70.2 cm³/mol. The first-order valence-electron chi connectivity index (χ1n) is 5.90. The molecule has 1 unspecified atom stereocenters. The highest BCUT2D eigenvalue weighted by Crippen LogP contribution is 2.41. The monoisotopic (exact) mass is 271 g/mol. The van der Waals surface area contributed by atoms with Crippen molar-refractivity contribution in [2.45, 2.75) is 20.0 Å². The molecule has 0 spiro atoms. The van der Waals surface area contributed by atoms with Crippen LogP contribution in [0.5, 0.6) is 11.5 Å². The lowest BCUT2D eigenvalue weighted by molar-refractivity contribution is 0.140. The summed E-state index contributed by atoms with van der Waals surface area (Å²) in [5.41, 5.74) is 6.01. The highest BCUT2D eigenvalue weighted by Gasteiger charge is 2.27. The fourth-order valence-corrected chi connectivity index (χ4v) is 2.02. The molecule has 3 N–H and O–H groups in total. The smallest absolute Gasteiger partial charge is 0.179 e. The fraction of sp³-hybridized carbons (Fsp3) is 0.538. The molecule has 0 fully saturated rings. The molecule has 0 aliphatic carbocycles. The topological polar surface area (TPSA) is 64.7 Å². The minimum Gasteiger partial charge on any atom is -0.489 e. The van der Waals surface area contributed by atoms with Gasteiger partial charge in [0.2, 0.25) is 0 Å². The van der Waals surface area contributed by atoms with Gasteiger partial charge in [-0.15, -0.1) is 0 Å². The normalized spacial score (nSPS) is 19.2. The molecule has 4 nitrogen and oxygen atoms in total. The fourth-order valence-electron chi connectivity index (χ4n) is 1.75. The lowest BCUT2D eigenvalue weighted by atomic mass is 9.97. The van der Waals surface area contributed by atoms with Gasteiger partial charge in [0.05, 0.1) is 24.3 Å². The average molecular weight is 272 g/mol. The molecule has 0 amide bonds. The quantitative estimate of drug-likeness (QED) is 0.865. The van der Waals surface area contributed by atoms with E-state index in [1.807, 2.05) is 0 Å². The molecule has 1 heterocycles. The Kier molecular flexibility index (Phi) is 3.71. The maximum atomic E-state index is 9.75. The highest BCUT2D eigenvalue weighted by molar-refractivity contribution is 6.32. The van der Waals surface area contributed by atoms with Crippen molar-refractivity contribution in [1.82, 2.24) is 0 Å². The Balaban J connectivity index is 2.37.